The van der Waals surface area contributed by atoms with Crippen LogP contribution >= 0.6 is 22.7 Å². The van der Waals surface area contributed by atoms with Crippen molar-refractivity contribution in [2.45, 2.75) is 13.8 Å². The summed E-state index contributed by atoms with van der Waals surface area (Å²) in [6.45, 7) is 3.99. The van der Waals surface area contributed by atoms with E-state index in [4.69, 9.17) is 5.73 Å². The number of anilines is 1. The number of aromatic hydroxyl groups is 1. The van der Waals surface area contributed by atoms with Crippen molar-refractivity contribution in [2.24, 2.45) is 0 Å². The number of thiophene rings is 1. The highest BCUT2D eigenvalue weighted by Gasteiger charge is 2.22. The average Bonchev–Trinajstić information content (AvgIpc) is 3.37. The Kier molecular flexibility index (Phi) is 5.04. The number of thiazole rings is 1. The van der Waals surface area contributed by atoms with Crippen molar-refractivity contribution < 1.29 is 9.90 Å². The van der Waals surface area contributed by atoms with E-state index in [0.717, 1.165) is 42.9 Å². The van der Waals surface area contributed by atoms with Gasteiger partial charge in [-0.2, -0.15) is 0 Å². The highest BCUT2D eigenvalue weighted by Crippen LogP contribution is 2.42. The number of nitrogens with two attached hydrogens (primary N) is 1. The van der Waals surface area contributed by atoms with E-state index in [0.29, 0.717) is 16.3 Å². The molecule has 0 unspecified atom stereocenters. The Morgan fingerprint density at radius 1 is 0.969 bits per heavy atom. The third-order valence-corrected chi connectivity index (χ3v) is 7.51. The van der Waals surface area contributed by atoms with Gasteiger partial charge in [0.2, 0.25) is 5.78 Å². The number of rotatable bonds is 4. The number of ketones is 1. The fourth-order valence-corrected chi connectivity index (χ4v) is 5.85. The van der Waals surface area contributed by atoms with Crippen LogP contribution in [0.2, 0.25) is 0 Å². The molecule has 6 heteroatoms. The fraction of sp³-hybridized carbons (Fsp3) is 0.0769. The normalized spacial score (nSPS) is 11.2. The van der Waals surface area contributed by atoms with Gasteiger partial charge in [0.25, 0.3) is 0 Å². The molecule has 2 heterocycles. The van der Waals surface area contributed by atoms with E-state index < -0.39 is 0 Å². The highest BCUT2D eigenvalue weighted by atomic mass is 32.1. The zero-order valence-electron chi connectivity index (χ0n) is 17.5. The molecule has 0 fully saturated rings. The minimum atomic E-state index is -0.00466. The summed E-state index contributed by atoms with van der Waals surface area (Å²) < 4.78 is 0.880. The maximum atomic E-state index is 13.6. The van der Waals surface area contributed by atoms with Crippen molar-refractivity contribution in [3.8, 4) is 27.4 Å². The second kappa shape index (κ2) is 7.89. The zero-order valence-corrected chi connectivity index (χ0v) is 19.2. The standard InChI is InChI=1S/C26H20N2O2S2/c1-14-3-9-19(15(2)11-14)24(30)25-23(20-10-8-18(29)12-21(20)32-25)16-4-6-17(7-5-16)26-28-22(27)13-31-26/h3-13,29H,27H2,1-2H3. The average molecular weight is 457 g/mol. The molecule has 0 amide bonds. The summed E-state index contributed by atoms with van der Waals surface area (Å²) >= 11 is 2.92. The number of hydrogen-bond donors (Lipinski definition) is 2. The molecule has 5 rings (SSSR count). The monoisotopic (exact) mass is 456 g/mol. The number of aryl methyl sites for hydroxylation is 2. The topological polar surface area (TPSA) is 76.2 Å². The number of fused-ring (bicyclic) bond motifs is 1. The third-order valence-electron chi connectivity index (χ3n) is 5.45. The largest absolute Gasteiger partial charge is 0.508 e. The highest BCUT2D eigenvalue weighted by molar-refractivity contribution is 7.21. The molecule has 0 aliphatic heterocycles. The molecular formula is C26H20N2O2S2. The number of benzene rings is 3. The SMILES string of the molecule is Cc1ccc(C(=O)c2sc3cc(O)ccc3c2-c2ccc(-c3nc(N)cs3)cc2)c(C)c1. The summed E-state index contributed by atoms with van der Waals surface area (Å²) in [6.07, 6.45) is 0. The van der Waals surface area contributed by atoms with Crippen LogP contribution < -0.4 is 5.73 Å². The number of nitrogens with zero attached hydrogens (tertiary/aromatic N) is 1. The number of aromatic nitrogens is 1. The molecule has 0 radical (unpaired) electrons. The minimum absolute atomic E-state index is 0.00466. The molecule has 3 aromatic carbocycles. The van der Waals surface area contributed by atoms with Crippen LogP contribution in [-0.2, 0) is 0 Å². The Morgan fingerprint density at radius 2 is 1.72 bits per heavy atom. The van der Waals surface area contributed by atoms with Gasteiger partial charge in [-0.25, -0.2) is 4.98 Å². The molecule has 0 atom stereocenters. The van der Waals surface area contributed by atoms with Crippen LogP contribution in [0.25, 0.3) is 31.8 Å². The first-order valence-corrected chi connectivity index (χ1v) is 11.8. The van der Waals surface area contributed by atoms with E-state index >= 15 is 0 Å². The smallest absolute Gasteiger partial charge is 0.203 e. The number of carbonyl (C=O) groups excluding carboxylic acids is 1. The molecule has 3 N–H and O–H groups in total. The van der Waals surface area contributed by atoms with Crippen LogP contribution in [-0.4, -0.2) is 15.9 Å². The summed E-state index contributed by atoms with van der Waals surface area (Å²) in [5, 5.41) is 13.6. The Bertz CT molecular complexity index is 1480. The number of nitrogen functional groups attached to an aromatic ring is 1. The van der Waals surface area contributed by atoms with Crippen molar-refractivity contribution >= 4 is 44.4 Å². The Labute approximate surface area is 193 Å². The summed E-state index contributed by atoms with van der Waals surface area (Å²) in [7, 11) is 0. The second-order valence-corrected chi connectivity index (χ2v) is 9.70. The van der Waals surface area contributed by atoms with Gasteiger partial charge < -0.3 is 10.8 Å². The lowest BCUT2D eigenvalue weighted by Gasteiger charge is -2.09. The van der Waals surface area contributed by atoms with Gasteiger partial charge in [0.15, 0.2) is 0 Å². The van der Waals surface area contributed by atoms with Gasteiger partial charge in [-0.1, -0.05) is 48.0 Å². The van der Waals surface area contributed by atoms with Gasteiger partial charge in [0.05, 0.1) is 4.88 Å². The van der Waals surface area contributed by atoms with Crippen LogP contribution in [0.1, 0.15) is 26.4 Å². The molecule has 0 aliphatic carbocycles. The summed E-state index contributed by atoms with van der Waals surface area (Å²) in [6, 6.07) is 19.2. The van der Waals surface area contributed by atoms with Crippen LogP contribution in [0.4, 0.5) is 5.82 Å². The first kappa shape index (κ1) is 20.4. The van der Waals surface area contributed by atoms with Gasteiger partial charge >= 0.3 is 0 Å². The third kappa shape index (κ3) is 3.57. The predicted molar refractivity (Wildman–Crippen MR) is 134 cm³/mol. The molecule has 0 bridgehead atoms. The molecule has 5 aromatic rings. The molecule has 0 saturated heterocycles. The van der Waals surface area contributed by atoms with Crippen molar-refractivity contribution in [3.05, 3.63) is 87.6 Å². The van der Waals surface area contributed by atoms with E-state index in [-0.39, 0.29) is 11.5 Å². The molecule has 0 saturated carbocycles. The lowest BCUT2D eigenvalue weighted by atomic mass is 9.95. The zero-order chi connectivity index (χ0) is 22.4. The van der Waals surface area contributed by atoms with Crippen molar-refractivity contribution in [2.75, 3.05) is 5.73 Å². The van der Waals surface area contributed by atoms with E-state index in [1.54, 1.807) is 12.1 Å². The number of carbonyl (C=O) groups is 1. The fourth-order valence-electron chi connectivity index (χ4n) is 3.92. The summed E-state index contributed by atoms with van der Waals surface area (Å²) in [5.74, 6) is 0.696. The van der Waals surface area contributed by atoms with E-state index in [2.05, 4.69) is 4.98 Å². The quantitative estimate of drug-likeness (QED) is 0.291. The van der Waals surface area contributed by atoms with Crippen molar-refractivity contribution in [1.82, 2.24) is 4.98 Å². The van der Waals surface area contributed by atoms with Gasteiger partial charge in [-0.3, -0.25) is 4.79 Å². The number of hydrogen-bond acceptors (Lipinski definition) is 6. The van der Waals surface area contributed by atoms with E-state index in [1.807, 2.05) is 67.8 Å². The predicted octanol–water partition coefficient (Wildman–Crippen LogP) is 6.83. The van der Waals surface area contributed by atoms with Crippen LogP contribution in [0, 0.1) is 13.8 Å². The lowest BCUT2D eigenvalue weighted by molar-refractivity contribution is 0.104. The van der Waals surface area contributed by atoms with Crippen LogP contribution in [0.15, 0.2) is 66.0 Å². The molecular weight excluding hydrogens is 436 g/mol. The lowest BCUT2D eigenvalue weighted by Crippen LogP contribution is -2.03. The van der Waals surface area contributed by atoms with Crippen molar-refractivity contribution in [3.63, 3.8) is 0 Å². The van der Waals surface area contributed by atoms with Crippen LogP contribution in [0.3, 0.4) is 0 Å². The van der Waals surface area contributed by atoms with Gasteiger partial charge in [0.1, 0.15) is 16.6 Å². The van der Waals surface area contributed by atoms with Gasteiger partial charge in [0, 0.05) is 32.2 Å². The molecule has 4 nitrogen and oxygen atoms in total. The van der Waals surface area contributed by atoms with Gasteiger partial charge in [-0.15, -0.1) is 22.7 Å². The minimum Gasteiger partial charge on any atom is -0.508 e. The molecule has 0 aliphatic rings. The van der Waals surface area contributed by atoms with Gasteiger partial charge in [-0.05, 0) is 43.2 Å². The number of phenolic OH excluding ortho intramolecular Hbond substituents is 1. The van der Waals surface area contributed by atoms with E-state index in [9.17, 15) is 9.90 Å². The maximum absolute atomic E-state index is 13.6. The molecule has 2 aromatic heterocycles. The first-order valence-electron chi connectivity index (χ1n) is 10.1. The Morgan fingerprint density at radius 3 is 2.41 bits per heavy atom. The first-order chi connectivity index (χ1) is 15.4. The molecule has 0 spiro atoms. The van der Waals surface area contributed by atoms with Crippen molar-refractivity contribution in [1.29, 1.82) is 0 Å². The Balaban J connectivity index is 1.67. The van der Waals surface area contributed by atoms with Crippen LogP contribution in [0.5, 0.6) is 5.75 Å². The Hall–Kier alpha value is -3.48. The van der Waals surface area contributed by atoms with E-state index in [1.165, 1.54) is 22.7 Å². The second-order valence-electron chi connectivity index (χ2n) is 7.79. The molecule has 158 valence electrons. The summed E-state index contributed by atoms with van der Waals surface area (Å²) in [5.41, 5.74) is 11.4. The maximum Gasteiger partial charge on any atom is 0.203 e. The molecule has 32 heavy (non-hydrogen) atoms. The summed E-state index contributed by atoms with van der Waals surface area (Å²) in [4.78, 5) is 18.7. The number of phenols is 1.